The third-order valence-corrected chi connectivity index (χ3v) is 3.07. The number of H-pyrrole nitrogens is 1. The highest BCUT2D eigenvalue weighted by atomic mass is 16.5. The van der Waals surface area contributed by atoms with Gasteiger partial charge in [0.25, 0.3) is 5.91 Å². The maximum atomic E-state index is 12.1. The van der Waals surface area contributed by atoms with Crippen molar-refractivity contribution >= 4 is 22.5 Å². The number of aromatic nitrogens is 1. The van der Waals surface area contributed by atoms with Gasteiger partial charge in [0.05, 0.1) is 18.3 Å². The topological polar surface area (TPSA) is 100 Å². The lowest BCUT2D eigenvalue weighted by atomic mass is 10.1. The molecule has 1 unspecified atom stereocenters. The third kappa shape index (κ3) is 3.28. The number of nitrogens with two attached hydrogens (primary N) is 1. The van der Waals surface area contributed by atoms with Crippen LogP contribution >= 0.6 is 0 Å². The van der Waals surface area contributed by atoms with Crippen molar-refractivity contribution in [2.45, 2.75) is 12.5 Å². The molecular formula is C14H19N3O3. The first-order valence-corrected chi connectivity index (χ1v) is 6.43. The average molecular weight is 277 g/mol. The van der Waals surface area contributed by atoms with E-state index in [-0.39, 0.29) is 12.5 Å². The Bertz CT molecular complexity index is 594. The van der Waals surface area contributed by atoms with E-state index in [0.29, 0.717) is 24.2 Å². The molecule has 1 heterocycles. The number of amides is 1. The van der Waals surface area contributed by atoms with Crippen LogP contribution in [0.1, 0.15) is 16.8 Å². The molecule has 1 aromatic heterocycles. The summed E-state index contributed by atoms with van der Waals surface area (Å²) in [5, 5.41) is 13.1. The molecule has 1 aromatic carbocycles. The Morgan fingerprint density at radius 3 is 3.10 bits per heavy atom. The molecule has 5 N–H and O–H groups in total. The first-order valence-electron chi connectivity index (χ1n) is 6.43. The monoisotopic (exact) mass is 277 g/mol. The highest BCUT2D eigenvalue weighted by Gasteiger charge is 2.12. The molecule has 0 aliphatic carbocycles. The van der Waals surface area contributed by atoms with Gasteiger partial charge >= 0.3 is 0 Å². The lowest BCUT2D eigenvalue weighted by Gasteiger charge is -2.09. The van der Waals surface area contributed by atoms with Crippen LogP contribution in [0.25, 0.3) is 10.9 Å². The fraction of sp³-hybridized carbons (Fsp3) is 0.357. The van der Waals surface area contributed by atoms with Gasteiger partial charge in [0.2, 0.25) is 0 Å². The van der Waals surface area contributed by atoms with Crippen molar-refractivity contribution in [1.29, 1.82) is 0 Å². The number of benzene rings is 1. The zero-order valence-electron chi connectivity index (χ0n) is 11.3. The highest BCUT2D eigenvalue weighted by Crippen LogP contribution is 2.20. The predicted molar refractivity (Wildman–Crippen MR) is 77.5 cm³/mol. The minimum atomic E-state index is -0.567. The maximum absolute atomic E-state index is 12.1. The van der Waals surface area contributed by atoms with Gasteiger partial charge in [-0.25, -0.2) is 0 Å². The molecule has 0 radical (unpaired) electrons. The second-order valence-corrected chi connectivity index (χ2v) is 4.66. The van der Waals surface area contributed by atoms with E-state index < -0.39 is 6.10 Å². The number of aromatic amines is 1. The standard InChI is InChI=1S/C14H19N3O3/c1-20-8-10(18)4-5-16-14(19)12-7-17-13-6-9(15)2-3-11(12)13/h2-3,6-7,10,17-18H,4-5,8,15H2,1H3,(H,16,19). The van der Waals surface area contributed by atoms with E-state index in [0.717, 1.165) is 10.9 Å². The molecule has 0 spiro atoms. The molecule has 2 rings (SSSR count). The summed E-state index contributed by atoms with van der Waals surface area (Å²) in [6, 6.07) is 5.36. The number of aliphatic hydroxyl groups excluding tert-OH is 1. The number of carbonyl (C=O) groups excluding carboxylic acids is 1. The molecule has 1 atom stereocenters. The molecular weight excluding hydrogens is 258 g/mol. The number of aliphatic hydroxyl groups is 1. The van der Waals surface area contributed by atoms with Crippen molar-refractivity contribution in [1.82, 2.24) is 10.3 Å². The Morgan fingerprint density at radius 2 is 2.35 bits per heavy atom. The van der Waals surface area contributed by atoms with Gasteiger partial charge in [-0.3, -0.25) is 4.79 Å². The number of nitrogen functional groups attached to an aromatic ring is 1. The second-order valence-electron chi connectivity index (χ2n) is 4.66. The number of hydrogen-bond acceptors (Lipinski definition) is 4. The van der Waals surface area contributed by atoms with Crippen molar-refractivity contribution in [3.8, 4) is 0 Å². The van der Waals surface area contributed by atoms with E-state index in [9.17, 15) is 9.90 Å². The predicted octanol–water partition coefficient (Wildman–Crippen LogP) is 0.877. The fourth-order valence-corrected chi connectivity index (χ4v) is 2.05. The van der Waals surface area contributed by atoms with Gasteiger partial charge in [0, 0.05) is 36.4 Å². The lowest BCUT2D eigenvalue weighted by Crippen LogP contribution is -2.28. The molecule has 1 amide bonds. The van der Waals surface area contributed by atoms with Crippen LogP contribution in [0.5, 0.6) is 0 Å². The number of carbonyl (C=O) groups is 1. The molecule has 20 heavy (non-hydrogen) atoms. The van der Waals surface area contributed by atoms with Crippen molar-refractivity contribution in [3.63, 3.8) is 0 Å². The van der Waals surface area contributed by atoms with Gasteiger partial charge < -0.3 is 25.9 Å². The second kappa shape index (κ2) is 6.40. The SMILES string of the molecule is COCC(O)CCNC(=O)c1c[nH]c2cc(N)ccc12. The van der Waals surface area contributed by atoms with Crippen LogP contribution in [-0.4, -0.2) is 42.4 Å². The van der Waals surface area contributed by atoms with Crippen LogP contribution < -0.4 is 11.1 Å². The fourth-order valence-electron chi connectivity index (χ4n) is 2.05. The van der Waals surface area contributed by atoms with E-state index in [2.05, 4.69) is 10.3 Å². The van der Waals surface area contributed by atoms with E-state index in [4.69, 9.17) is 10.5 Å². The number of fused-ring (bicyclic) bond motifs is 1. The largest absolute Gasteiger partial charge is 0.399 e. The van der Waals surface area contributed by atoms with Crippen LogP contribution in [0.2, 0.25) is 0 Å². The third-order valence-electron chi connectivity index (χ3n) is 3.07. The molecule has 0 aliphatic heterocycles. The summed E-state index contributed by atoms with van der Waals surface area (Å²) in [6.45, 7) is 0.660. The molecule has 6 nitrogen and oxygen atoms in total. The Hall–Kier alpha value is -2.05. The van der Waals surface area contributed by atoms with E-state index in [1.54, 1.807) is 18.3 Å². The Kier molecular flexibility index (Phi) is 4.60. The molecule has 0 saturated heterocycles. The molecule has 0 aliphatic rings. The number of anilines is 1. The molecule has 0 saturated carbocycles. The van der Waals surface area contributed by atoms with Crippen LogP contribution in [0, 0.1) is 0 Å². The molecule has 0 fully saturated rings. The summed E-state index contributed by atoms with van der Waals surface area (Å²) in [6.07, 6.45) is 1.54. The van der Waals surface area contributed by atoms with Crippen LogP contribution in [0.15, 0.2) is 24.4 Å². The number of hydrogen-bond donors (Lipinski definition) is 4. The zero-order chi connectivity index (χ0) is 14.5. The zero-order valence-corrected chi connectivity index (χ0v) is 11.3. The van der Waals surface area contributed by atoms with Gasteiger partial charge in [-0.2, -0.15) is 0 Å². The van der Waals surface area contributed by atoms with Crippen LogP contribution in [0.3, 0.4) is 0 Å². The van der Waals surface area contributed by atoms with Gasteiger partial charge in [0.1, 0.15) is 0 Å². The van der Waals surface area contributed by atoms with Crippen LogP contribution in [-0.2, 0) is 4.74 Å². The van der Waals surface area contributed by atoms with E-state index in [1.165, 1.54) is 7.11 Å². The highest BCUT2D eigenvalue weighted by molar-refractivity contribution is 6.07. The summed E-state index contributed by atoms with van der Waals surface area (Å²) in [5.41, 5.74) is 7.74. The number of methoxy groups -OCH3 is 1. The van der Waals surface area contributed by atoms with Gasteiger partial charge in [0.15, 0.2) is 0 Å². The first-order chi connectivity index (χ1) is 9.61. The summed E-state index contributed by atoms with van der Waals surface area (Å²) < 4.78 is 4.82. The summed E-state index contributed by atoms with van der Waals surface area (Å²) in [5.74, 6) is -0.175. The molecule has 6 heteroatoms. The molecule has 0 bridgehead atoms. The summed E-state index contributed by atoms with van der Waals surface area (Å²) in [7, 11) is 1.53. The number of nitrogens with one attached hydrogen (secondary N) is 2. The van der Waals surface area contributed by atoms with Crippen molar-refractivity contribution < 1.29 is 14.6 Å². The van der Waals surface area contributed by atoms with E-state index >= 15 is 0 Å². The first kappa shape index (κ1) is 14.4. The van der Waals surface area contributed by atoms with Crippen molar-refractivity contribution in [2.24, 2.45) is 0 Å². The number of ether oxygens (including phenoxy) is 1. The molecule has 108 valence electrons. The van der Waals surface area contributed by atoms with Gasteiger partial charge in [-0.1, -0.05) is 0 Å². The summed E-state index contributed by atoms with van der Waals surface area (Å²) in [4.78, 5) is 15.1. The average Bonchev–Trinajstić information content (AvgIpc) is 2.81. The summed E-state index contributed by atoms with van der Waals surface area (Å²) >= 11 is 0. The normalized spacial score (nSPS) is 12.5. The van der Waals surface area contributed by atoms with Gasteiger partial charge in [-0.05, 0) is 24.6 Å². The Labute approximate surface area is 116 Å². The Morgan fingerprint density at radius 1 is 1.55 bits per heavy atom. The van der Waals surface area contributed by atoms with Crippen molar-refractivity contribution in [3.05, 3.63) is 30.0 Å². The smallest absolute Gasteiger partial charge is 0.253 e. The quantitative estimate of drug-likeness (QED) is 0.589. The van der Waals surface area contributed by atoms with Crippen LogP contribution in [0.4, 0.5) is 5.69 Å². The minimum absolute atomic E-state index is 0.175. The minimum Gasteiger partial charge on any atom is -0.399 e. The maximum Gasteiger partial charge on any atom is 0.253 e. The van der Waals surface area contributed by atoms with Gasteiger partial charge in [-0.15, -0.1) is 0 Å². The lowest BCUT2D eigenvalue weighted by molar-refractivity contribution is 0.0588. The van der Waals surface area contributed by atoms with Crippen molar-refractivity contribution in [2.75, 3.05) is 26.0 Å². The molecule has 2 aromatic rings. The van der Waals surface area contributed by atoms with E-state index in [1.807, 2.05) is 6.07 Å². The Balaban J connectivity index is 1.98. The number of rotatable bonds is 6.